The number of hydrogen-bond acceptors (Lipinski definition) is 2. The summed E-state index contributed by atoms with van der Waals surface area (Å²) in [7, 11) is 1.65. The maximum absolute atomic E-state index is 11.5. The maximum Gasteiger partial charge on any atom is 0.330 e. The fourth-order valence-corrected chi connectivity index (χ4v) is 1.30. The van der Waals surface area contributed by atoms with E-state index >= 15 is 0 Å². The van der Waals surface area contributed by atoms with Gasteiger partial charge in [-0.1, -0.05) is 0 Å². The Hall–Kier alpha value is -1.32. The predicted octanol–water partition coefficient (Wildman–Crippen LogP) is 0.436. The summed E-state index contributed by atoms with van der Waals surface area (Å²) in [5.74, 6) is 0. The van der Waals surface area contributed by atoms with E-state index in [1.807, 2.05) is 13.8 Å². The van der Waals surface area contributed by atoms with E-state index in [-0.39, 0.29) is 17.3 Å². The third kappa shape index (κ3) is 1.56. The van der Waals surface area contributed by atoms with Gasteiger partial charge in [-0.25, -0.2) is 4.79 Å². The molecule has 0 spiro atoms. The van der Waals surface area contributed by atoms with Crippen LogP contribution in [0.4, 0.5) is 0 Å². The van der Waals surface area contributed by atoms with Gasteiger partial charge in [0.25, 0.3) is 5.56 Å². The zero-order valence-corrected chi connectivity index (χ0v) is 8.37. The maximum atomic E-state index is 11.5. The Balaban J connectivity index is 3.67. The summed E-state index contributed by atoms with van der Waals surface area (Å²) in [6, 6.07) is -0.0916. The number of rotatable bonds is 1. The van der Waals surface area contributed by atoms with Crippen molar-refractivity contribution in [2.45, 2.75) is 26.8 Å². The van der Waals surface area contributed by atoms with Crippen LogP contribution in [0.1, 0.15) is 25.5 Å². The van der Waals surface area contributed by atoms with Gasteiger partial charge in [-0.3, -0.25) is 9.36 Å². The van der Waals surface area contributed by atoms with Crippen molar-refractivity contribution in [1.29, 1.82) is 0 Å². The fourth-order valence-electron chi connectivity index (χ4n) is 1.30. The van der Waals surface area contributed by atoms with Crippen LogP contribution < -0.4 is 11.2 Å². The number of nitrogens with zero attached hydrogens (tertiary/aromatic N) is 2. The Kier molecular flexibility index (Phi) is 2.40. The zero-order valence-electron chi connectivity index (χ0n) is 8.37. The Morgan fingerprint density at radius 3 is 2.31 bits per heavy atom. The summed E-state index contributed by atoms with van der Waals surface area (Å²) in [4.78, 5) is 23.0. The third-order valence-corrected chi connectivity index (χ3v) is 1.97. The highest BCUT2D eigenvalue weighted by molar-refractivity contribution is 5.02. The van der Waals surface area contributed by atoms with Crippen molar-refractivity contribution < 1.29 is 0 Å². The molecule has 1 rings (SSSR count). The molecule has 0 aliphatic carbocycles. The molecule has 4 heteroatoms. The van der Waals surface area contributed by atoms with Crippen molar-refractivity contribution in [2.75, 3.05) is 0 Å². The van der Waals surface area contributed by atoms with Crippen LogP contribution in [0.5, 0.6) is 0 Å². The lowest BCUT2D eigenvalue weighted by Gasteiger charge is -2.10. The molecule has 1 heterocycles. The van der Waals surface area contributed by atoms with Crippen LogP contribution in [0, 0.1) is 6.92 Å². The highest BCUT2D eigenvalue weighted by Gasteiger charge is 2.08. The molecule has 13 heavy (non-hydrogen) atoms. The second kappa shape index (κ2) is 3.20. The number of aromatic nitrogens is 2. The van der Waals surface area contributed by atoms with Crippen LogP contribution in [0.2, 0.25) is 0 Å². The Morgan fingerprint density at radius 2 is 1.85 bits per heavy atom. The summed E-state index contributed by atoms with van der Waals surface area (Å²) in [5, 5.41) is 0. The fraction of sp³-hybridized carbons (Fsp3) is 0.556. The quantitative estimate of drug-likeness (QED) is 0.632. The monoisotopic (exact) mass is 182 g/mol. The summed E-state index contributed by atoms with van der Waals surface area (Å²) in [6.45, 7) is 5.35. The Labute approximate surface area is 76.4 Å². The lowest BCUT2D eigenvalue weighted by atomic mass is 10.3. The molecule has 1 aromatic heterocycles. The lowest BCUT2D eigenvalue weighted by Crippen LogP contribution is -2.40. The third-order valence-electron chi connectivity index (χ3n) is 1.97. The first kappa shape index (κ1) is 9.77. The zero-order chi connectivity index (χ0) is 10.2. The highest BCUT2D eigenvalue weighted by Crippen LogP contribution is 1.95. The average molecular weight is 182 g/mol. The van der Waals surface area contributed by atoms with Gasteiger partial charge in [0.2, 0.25) is 0 Å². The second-order valence-corrected chi connectivity index (χ2v) is 3.47. The summed E-state index contributed by atoms with van der Waals surface area (Å²) in [5.41, 5.74) is 0.138. The minimum Gasteiger partial charge on any atom is -0.303 e. The second-order valence-electron chi connectivity index (χ2n) is 3.47. The van der Waals surface area contributed by atoms with E-state index in [2.05, 4.69) is 0 Å². The van der Waals surface area contributed by atoms with E-state index in [4.69, 9.17) is 0 Å². The van der Waals surface area contributed by atoms with Gasteiger partial charge in [0.1, 0.15) is 0 Å². The van der Waals surface area contributed by atoms with Gasteiger partial charge < -0.3 is 4.57 Å². The van der Waals surface area contributed by atoms with Crippen molar-refractivity contribution >= 4 is 0 Å². The first-order valence-electron chi connectivity index (χ1n) is 4.24. The molecule has 0 amide bonds. The molecular formula is C9H14N2O2. The van der Waals surface area contributed by atoms with Crippen molar-refractivity contribution in [1.82, 2.24) is 9.13 Å². The topological polar surface area (TPSA) is 44.0 Å². The van der Waals surface area contributed by atoms with E-state index in [1.165, 1.54) is 9.13 Å². The van der Waals surface area contributed by atoms with Gasteiger partial charge >= 0.3 is 5.69 Å². The van der Waals surface area contributed by atoms with Gasteiger partial charge in [0.05, 0.1) is 0 Å². The molecule has 0 saturated carbocycles. The van der Waals surface area contributed by atoms with Gasteiger partial charge in [0.15, 0.2) is 0 Å². The minimum absolute atomic E-state index is 0.0916. The summed E-state index contributed by atoms with van der Waals surface area (Å²) < 4.78 is 2.69. The van der Waals surface area contributed by atoms with Crippen LogP contribution in [0.25, 0.3) is 0 Å². The summed E-state index contributed by atoms with van der Waals surface area (Å²) >= 11 is 0. The van der Waals surface area contributed by atoms with Gasteiger partial charge in [-0.2, -0.15) is 0 Å². The van der Waals surface area contributed by atoms with E-state index in [0.29, 0.717) is 5.56 Å². The molecule has 4 nitrogen and oxygen atoms in total. The van der Waals surface area contributed by atoms with E-state index in [1.54, 1.807) is 20.2 Å². The van der Waals surface area contributed by atoms with E-state index in [9.17, 15) is 9.59 Å². The molecule has 72 valence electrons. The van der Waals surface area contributed by atoms with Crippen molar-refractivity contribution in [3.05, 3.63) is 32.6 Å². The molecule has 0 aliphatic rings. The van der Waals surface area contributed by atoms with Crippen LogP contribution >= 0.6 is 0 Å². The van der Waals surface area contributed by atoms with Crippen LogP contribution in [-0.2, 0) is 7.05 Å². The lowest BCUT2D eigenvalue weighted by molar-refractivity contribution is 0.518. The molecule has 0 unspecified atom stereocenters. The SMILES string of the molecule is Cc1cn(C)c(=O)n(C(C)C)c1=O. The Bertz CT molecular complexity index is 392. The molecule has 0 radical (unpaired) electrons. The van der Waals surface area contributed by atoms with Crippen molar-refractivity contribution in [3.63, 3.8) is 0 Å². The van der Waals surface area contributed by atoms with Gasteiger partial charge in [0, 0.05) is 24.8 Å². The standard InChI is InChI=1S/C9H14N2O2/c1-6(2)11-8(12)7(3)5-10(4)9(11)13/h5-6H,1-4H3. The smallest absolute Gasteiger partial charge is 0.303 e. The average Bonchev–Trinajstić information content (AvgIpc) is 2.01. The van der Waals surface area contributed by atoms with Crippen LogP contribution in [0.3, 0.4) is 0 Å². The van der Waals surface area contributed by atoms with Crippen molar-refractivity contribution in [2.24, 2.45) is 7.05 Å². The number of hydrogen-bond donors (Lipinski definition) is 0. The van der Waals surface area contributed by atoms with Crippen LogP contribution in [0.15, 0.2) is 15.8 Å². The molecule has 0 aromatic carbocycles. The molecule has 0 bridgehead atoms. The first-order chi connectivity index (χ1) is 5.95. The van der Waals surface area contributed by atoms with Gasteiger partial charge in [-0.15, -0.1) is 0 Å². The molecule has 0 N–H and O–H groups in total. The van der Waals surface area contributed by atoms with E-state index < -0.39 is 0 Å². The first-order valence-corrected chi connectivity index (χ1v) is 4.24. The highest BCUT2D eigenvalue weighted by atomic mass is 16.2. The molecule has 0 aliphatic heterocycles. The Morgan fingerprint density at radius 1 is 1.31 bits per heavy atom. The predicted molar refractivity (Wildman–Crippen MR) is 51.1 cm³/mol. The van der Waals surface area contributed by atoms with Gasteiger partial charge in [-0.05, 0) is 20.8 Å². The largest absolute Gasteiger partial charge is 0.330 e. The molecule has 0 fully saturated rings. The summed E-state index contributed by atoms with van der Waals surface area (Å²) in [6.07, 6.45) is 1.56. The molecule has 1 aromatic rings. The molecular weight excluding hydrogens is 168 g/mol. The van der Waals surface area contributed by atoms with Crippen molar-refractivity contribution in [3.8, 4) is 0 Å². The molecule has 0 atom stereocenters. The van der Waals surface area contributed by atoms with Crippen LogP contribution in [-0.4, -0.2) is 9.13 Å². The number of aryl methyl sites for hydroxylation is 2. The molecule has 0 saturated heterocycles. The minimum atomic E-state index is -0.259. The van der Waals surface area contributed by atoms with E-state index in [0.717, 1.165) is 0 Å². The normalized spacial score (nSPS) is 10.8.